The number of halogens is 2. The van der Waals surface area contributed by atoms with Crippen LogP contribution >= 0.6 is 0 Å². The van der Waals surface area contributed by atoms with Crippen molar-refractivity contribution in [3.05, 3.63) is 53.7 Å². The molecule has 0 aliphatic heterocycles. The van der Waals surface area contributed by atoms with Gasteiger partial charge in [-0.3, -0.25) is 0 Å². The second-order valence-corrected chi connectivity index (χ2v) is 5.92. The van der Waals surface area contributed by atoms with Crippen LogP contribution in [0.2, 0.25) is 0 Å². The average molecular weight is 326 g/mol. The molecule has 3 nitrogen and oxygen atoms in total. The Labute approximate surface area is 138 Å². The molecule has 0 unspecified atom stereocenters. The third kappa shape index (κ3) is 2.70. The zero-order chi connectivity index (χ0) is 16.5. The van der Waals surface area contributed by atoms with Crippen LogP contribution in [0.1, 0.15) is 24.0 Å². The summed E-state index contributed by atoms with van der Waals surface area (Å²) in [7, 11) is 0. The summed E-state index contributed by atoms with van der Waals surface area (Å²) in [6, 6.07) is 12.0. The normalized spacial score (nSPS) is 14.0. The summed E-state index contributed by atoms with van der Waals surface area (Å²) >= 11 is 0. The molecule has 1 aromatic heterocycles. The number of aryl methyl sites for hydroxylation is 1. The highest BCUT2D eigenvalue weighted by Crippen LogP contribution is 2.37. The Hall–Kier alpha value is -2.56. The Morgan fingerprint density at radius 1 is 1.04 bits per heavy atom. The summed E-state index contributed by atoms with van der Waals surface area (Å²) in [4.78, 5) is 8.64. The number of hydrogen-bond acceptors (Lipinski definition) is 3. The van der Waals surface area contributed by atoms with Crippen LogP contribution < -0.4 is 4.74 Å². The van der Waals surface area contributed by atoms with Crippen molar-refractivity contribution in [3.8, 4) is 17.0 Å². The van der Waals surface area contributed by atoms with E-state index >= 15 is 0 Å². The maximum absolute atomic E-state index is 12.4. The van der Waals surface area contributed by atoms with Gasteiger partial charge in [-0.15, -0.1) is 0 Å². The number of ether oxygens (including phenoxy) is 1. The van der Waals surface area contributed by atoms with E-state index in [1.165, 1.54) is 17.3 Å². The summed E-state index contributed by atoms with van der Waals surface area (Å²) < 4.78 is 29.3. The van der Waals surface area contributed by atoms with Crippen LogP contribution in [0.15, 0.2) is 42.6 Å². The van der Waals surface area contributed by atoms with Gasteiger partial charge in [0.1, 0.15) is 0 Å². The van der Waals surface area contributed by atoms with Crippen LogP contribution in [-0.2, 0) is 12.8 Å². The fraction of sp³-hybridized carbons (Fsp3) is 0.263. The van der Waals surface area contributed by atoms with Crippen molar-refractivity contribution in [1.29, 1.82) is 0 Å². The maximum atomic E-state index is 12.4. The number of alkyl halides is 2. The summed E-state index contributed by atoms with van der Waals surface area (Å²) in [6.45, 7) is -2.90. The highest BCUT2D eigenvalue weighted by Gasteiger charge is 2.20. The van der Waals surface area contributed by atoms with Crippen molar-refractivity contribution < 1.29 is 13.5 Å². The van der Waals surface area contributed by atoms with Gasteiger partial charge in [-0.2, -0.15) is 8.78 Å². The number of fused-ring (bicyclic) bond motifs is 2. The van der Waals surface area contributed by atoms with Crippen molar-refractivity contribution in [2.75, 3.05) is 0 Å². The van der Waals surface area contributed by atoms with Gasteiger partial charge < -0.3 is 4.74 Å². The molecule has 0 fully saturated rings. The van der Waals surface area contributed by atoms with Crippen LogP contribution in [0.3, 0.4) is 0 Å². The molecule has 0 spiro atoms. The van der Waals surface area contributed by atoms with E-state index < -0.39 is 6.61 Å². The lowest BCUT2D eigenvalue weighted by molar-refractivity contribution is -0.0528. The quantitative estimate of drug-likeness (QED) is 0.695. The molecular weight excluding hydrogens is 310 g/mol. The molecule has 0 radical (unpaired) electrons. The lowest BCUT2D eigenvalue weighted by atomic mass is 9.85. The average Bonchev–Trinajstić information content (AvgIpc) is 2.60. The Kier molecular flexibility index (Phi) is 3.84. The summed E-state index contributed by atoms with van der Waals surface area (Å²) in [5, 5.41) is 0. The molecule has 1 heterocycles. The smallest absolute Gasteiger partial charge is 0.388 e. The molecular formula is C19H16F2N2O. The van der Waals surface area contributed by atoms with Crippen LogP contribution in [0.25, 0.3) is 22.2 Å². The first-order valence-electron chi connectivity index (χ1n) is 8.04. The lowest BCUT2D eigenvalue weighted by Crippen LogP contribution is -2.08. The molecule has 1 aliphatic carbocycles. The zero-order valence-electron chi connectivity index (χ0n) is 13.0. The van der Waals surface area contributed by atoms with Gasteiger partial charge >= 0.3 is 6.61 Å². The molecule has 4 rings (SSSR count). The molecule has 0 bridgehead atoms. The second kappa shape index (κ2) is 6.15. The molecule has 3 aromatic rings. The fourth-order valence-electron chi connectivity index (χ4n) is 3.42. The van der Waals surface area contributed by atoms with E-state index in [1.54, 1.807) is 0 Å². The van der Waals surface area contributed by atoms with E-state index in [4.69, 9.17) is 0 Å². The molecule has 0 N–H and O–H groups in total. The van der Waals surface area contributed by atoms with Gasteiger partial charge in [0.05, 0.1) is 17.2 Å². The maximum Gasteiger partial charge on any atom is 0.388 e. The fourth-order valence-corrected chi connectivity index (χ4v) is 3.42. The summed E-state index contributed by atoms with van der Waals surface area (Å²) in [6.07, 6.45) is 5.54. The molecule has 24 heavy (non-hydrogen) atoms. The van der Waals surface area contributed by atoms with E-state index in [0.29, 0.717) is 5.52 Å². The van der Waals surface area contributed by atoms with E-state index in [-0.39, 0.29) is 5.88 Å². The third-order valence-corrected chi connectivity index (χ3v) is 4.41. The Balaban J connectivity index is 1.97. The standard InChI is InChI=1S/C19H16F2N2O/c20-19(21)24-16-11-22-18-15(23-16)10-13-8-4-5-9-14(13)17(18)12-6-2-1-3-7-12/h1-3,6-7,10-11,19H,4-5,8-9H2. The summed E-state index contributed by atoms with van der Waals surface area (Å²) in [5.74, 6) is -0.146. The highest BCUT2D eigenvalue weighted by atomic mass is 19.3. The van der Waals surface area contributed by atoms with E-state index in [9.17, 15) is 8.78 Å². The highest BCUT2D eigenvalue weighted by molar-refractivity contribution is 5.94. The molecule has 122 valence electrons. The van der Waals surface area contributed by atoms with Crippen molar-refractivity contribution >= 4 is 11.0 Å². The first-order chi connectivity index (χ1) is 11.7. The van der Waals surface area contributed by atoms with Gasteiger partial charge in [-0.05, 0) is 48.4 Å². The molecule has 0 saturated heterocycles. The Morgan fingerprint density at radius 3 is 2.62 bits per heavy atom. The molecule has 0 atom stereocenters. The molecule has 1 aliphatic rings. The van der Waals surface area contributed by atoms with Gasteiger partial charge in [-0.25, -0.2) is 9.97 Å². The number of benzene rings is 2. The van der Waals surface area contributed by atoms with Gasteiger partial charge in [0.15, 0.2) is 0 Å². The molecule has 2 aromatic carbocycles. The first kappa shape index (κ1) is 15.0. The monoisotopic (exact) mass is 326 g/mol. The van der Waals surface area contributed by atoms with Crippen LogP contribution in [0.4, 0.5) is 8.78 Å². The lowest BCUT2D eigenvalue weighted by Gasteiger charge is -2.21. The van der Waals surface area contributed by atoms with E-state index in [0.717, 1.165) is 42.3 Å². The van der Waals surface area contributed by atoms with Crippen molar-refractivity contribution in [1.82, 2.24) is 9.97 Å². The largest absolute Gasteiger partial charge is 0.415 e. The van der Waals surface area contributed by atoms with Crippen LogP contribution in [0, 0.1) is 0 Å². The number of hydrogen-bond donors (Lipinski definition) is 0. The third-order valence-electron chi connectivity index (χ3n) is 4.41. The number of aromatic nitrogens is 2. The van der Waals surface area contributed by atoms with Gasteiger partial charge in [0, 0.05) is 5.56 Å². The predicted octanol–water partition coefficient (Wildman–Crippen LogP) is 4.78. The first-order valence-corrected chi connectivity index (χ1v) is 8.04. The van der Waals surface area contributed by atoms with Gasteiger partial charge in [0.25, 0.3) is 0 Å². The zero-order valence-corrected chi connectivity index (χ0v) is 13.0. The molecule has 0 amide bonds. The van der Waals surface area contributed by atoms with Crippen molar-refractivity contribution in [2.24, 2.45) is 0 Å². The van der Waals surface area contributed by atoms with Crippen molar-refractivity contribution in [3.63, 3.8) is 0 Å². The minimum absolute atomic E-state index is 0.146. The number of rotatable bonds is 3. The topological polar surface area (TPSA) is 35.0 Å². The Morgan fingerprint density at radius 2 is 1.83 bits per heavy atom. The van der Waals surface area contributed by atoms with Crippen molar-refractivity contribution in [2.45, 2.75) is 32.3 Å². The minimum Gasteiger partial charge on any atom is -0.415 e. The van der Waals surface area contributed by atoms with Gasteiger partial charge in [-0.1, -0.05) is 30.3 Å². The SMILES string of the molecule is FC(F)Oc1cnc2c(-c3ccccc3)c3c(cc2n1)CCCC3. The molecule has 0 saturated carbocycles. The van der Waals surface area contributed by atoms with E-state index in [2.05, 4.69) is 26.8 Å². The summed E-state index contributed by atoms with van der Waals surface area (Å²) in [5.41, 5.74) is 6.03. The predicted molar refractivity (Wildman–Crippen MR) is 88.2 cm³/mol. The minimum atomic E-state index is -2.90. The van der Waals surface area contributed by atoms with Crippen LogP contribution in [-0.4, -0.2) is 16.6 Å². The van der Waals surface area contributed by atoms with Gasteiger partial charge in [0.2, 0.25) is 5.88 Å². The Bertz CT molecular complexity index is 881. The molecule has 5 heteroatoms. The number of nitrogens with zero attached hydrogens (tertiary/aromatic N) is 2. The van der Waals surface area contributed by atoms with Crippen LogP contribution in [0.5, 0.6) is 5.88 Å². The van der Waals surface area contributed by atoms with E-state index in [1.807, 2.05) is 24.3 Å². The second-order valence-electron chi connectivity index (χ2n) is 5.92.